The van der Waals surface area contributed by atoms with Crippen LogP contribution < -0.4 is 15.2 Å². The summed E-state index contributed by atoms with van der Waals surface area (Å²) >= 11 is 0. The Kier molecular flexibility index (Phi) is 5.85. The van der Waals surface area contributed by atoms with Crippen LogP contribution in [-0.2, 0) is 4.74 Å². The van der Waals surface area contributed by atoms with Crippen molar-refractivity contribution in [2.24, 2.45) is 5.73 Å². The van der Waals surface area contributed by atoms with Crippen LogP contribution in [-0.4, -0.2) is 32.5 Å². The van der Waals surface area contributed by atoms with Crippen molar-refractivity contribution in [1.29, 1.82) is 0 Å². The fourth-order valence-corrected chi connectivity index (χ4v) is 2.41. The smallest absolute Gasteiger partial charge is 0.228 e. The molecule has 1 aliphatic rings. The average Bonchev–Trinajstić information content (AvgIpc) is 2.50. The summed E-state index contributed by atoms with van der Waals surface area (Å²) in [6.45, 7) is 8.08. The summed E-state index contributed by atoms with van der Waals surface area (Å²) < 4.78 is 16.5. The lowest BCUT2D eigenvalue weighted by Gasteiger charge is -2.27. The van der Waals surface area contributed by atoms with E-state index in [9.17, 15) is 0 Å². The van der Waals surface area contributed by atoms with Crippen molar-refractivity contribution in [3.63, 3.8) is 0 Å². The molecule has 1 fully saturated rings. The molecule has 0 saturated heterocycles. The maximum atomic E-state index is 7.17. The van der Waals surface area contributed by atoms with Gasteiger partial charge in [0.15, 0.2) is 0 Å². The van der Waals surface area contributed by atoms with E-state index in [1.54, 1.807) is 19.2 Å². The first-order valence-electron chi connectivity index (χ1n) is 7.28. The SMILES string of the molecule is [C-]#[N+]c1ccc(OC2CCC(N)CC2)cc1OCCOC. The third-order valence-corrected chi connectivity index (χ3v) is 3.62. The second kappa shape index (κ2) is 7.87. The minimum Gasteiger partial charge on any atom is -0.502 e. The monoisotopic (exact) mass is 290 g/mol. The van der Waals surface area contributed by atoms with Crippen LogP contribution in [0, 0.1) is 6.57 Å². The molecule has 0 heterocycles. The highest BCUT2D eigenvalue weighted by Gasteiger charge is 2.20. The van der Waals surface area contributed by atoms with Gasteiger partial charge in [-0.1, -0.05) is 0 Å². The summed E-state index contributed by atoms with van der Waals surface area (Å²) in [6.07, 6.45) is 4.16. The highest BCUT2D eigenvalue weighted by molar-refractivity contribution is 5.60. The molecule has 0 radical (unpaired) electrons. The molecule has 0 aliphatic heterocycles. The average molecular weight is 290 g/mol. The zero-order chi connectivity index (χ0) is 15.1. The fourth-order valence-electron chi connectivity index (χ4n) is 2.41. The van der Waals surface area contributed by atoms with Gasteiger partial charge in [0, 0.05) is 19.2 Å². The Morgan fingerprint density at radius 2 is 2.00 bits per heavy atom. The van der Waals surface area contributed by atoms with Crippen LogP contribution in [0.3, 0.4) is 0 Å². The van der Waals surface area contributed by atoms with E-state index in [2.05, 4.69) is 4.85 Å². The minimum absolute atomic E-state index is 0.204. The predicted molar refractivity (Wildman–Crippen MR) is 80.9 cm³/mol. The normalized spacial score (nSPS) is 21.6. The summed E-state index contributed by atoms with van der Waals surface area (Å²) in [7, 11) is 1.62. The summed E-state index contributed by atoms with van der Waals surface area (Å²) in [5.41, 5.74) is 6.39. The van der Waals surface area contributed by atoms with Gasteiger partial charge in [0.05, 0.1) is 19.3 Å². The molecule has 114 valence electrons. The number of ether oxygens (including phenoxy) is 3. The zero-order valence-electron chi connectivity index (χ0n) is 12.4. The predicted octanol–water partition coefficient (Wildman–Crippen LogP) is 2.91. The van der Waals surface area contributed by atoms with Crippen molar-refractivity contribution in [2.45, 2.75) is 37.8 Å². The molecule has 1 aromatic rings. The van der Waals surface area contributed by atoms with Gasteiger partial charge in [0.2, 0.25) is 5.69 Å². The van der Waals surface area contributed by atoms with Gasteiger partial charge in [0.25, 0.3) is 0 Å². The maximum absolute atomic E-state index is 7.17. The minimum atomic E-state index is 0.204. The van der Waals surface area contributed by atoms with E-state index < -0.39 is 0 Å². The van der Waals surface area contributed by atoms with Crippen LogP contribution in [0.15, 0.2) is 18.2 Å². The largest absolute Gasteiger partial charge is 0.502 e. The summed E-state index contributed by atoms with van der Waals surface area (Å²) in [5.74, 6) is 1.29. The highest BCUT2D eigenvalue weighted by Crippen LogP contribution is 2.33. The van der Waals surface area contributed by atoms with E-state index in [4.69, 9.17) is 26.5 Å². The van der Waals surface area contributed by atoms with Crippen molar-refractivity contribution in [2.75, 3.05) is 20.3 Å². The zero-order valence-corrected chi connectivity index (χ0v) is 12.4. The van der Waals surface area contributed by atoms with E-state index in [-0.39, 0.29) is 6.10 Å². The second-order valence-electron chi connectivity index (χ2n) is 5.24. The van der Waals surface area contributed by atoms with E-state index in [1.807, 2.05) is 6.07 Å². The van der Waals surface area contributed by atoms with Crippen LogP contribution in [0.25, 0.3) is 4.85 Å². The molecule has 2 N–H and O–H groups in total. The van der Waals surface area contributed by atoms with Gasteiger partial charge in [-0.05, 0) is 37.8 Å². The van der Waals surface area contributed by atoms with Crippen LogP contribution >= 0.6 is 0 Å². The van der Waals surface area contributed by atoms with Gasteiger partial charge in [-0.2, -0.15) is 0 Å². The van der Waals surface area contributed by atoms with Crippen LogP contribution in [0.5, 0.6) is 11.5 Å². The lowest BCUT2D eigenvalue weighted by molar-refractivity contribution is 0.141. The number of benzene rings is 1. The molecule has 1 aliphatic carbocycles. The summed E-state index contributed by atoms with van der Waals surface area (Å²) in [4.78, 5) is 3.46. The first-order chi connectivity index (χ1) is 10.2. The topological polar surface area (TPSA) is 58.1 Å². The number of hydrogen-bond acceptors (Lipinski definition) is 4. The molecule has 21 heavy (non-hydrogen) atoms. The third-order valence-electron chi connectivity index (χ3n) is 3.62. The molecular weight excluding hydrogens is 268 g/mol. The van der Waals surface area contributed by atoms with E-state index in [1.165, 1.54) is 0 Å². The van der Waals surface area contributed by atoms with E-state index >= 15 is 0 Å². The second-order valence-corrected chi connectivity index (χ2v) is 5.24. The first kappa shape index (κ1) is 15.6. The molecule has 0 spiro atoms. The Bertz CT molecular complexity index is 491. The molecule has 1 aromatic carbocycles. The number of hydrogen-bond donors (Lipinski definition) is 1. The van der Waals surface area contributed by atoms with Gasteiger partial charge in [-0.25, -0.2) is 4.85 Å². The standard InChI is InChI=1S/C16H22N2O3/c1-18-15-8-7-14(11-16(15)20-10-9-19-2)21-13-5-3-12(17)4-6-13/h7-8,11-13H,3-6,9-10,17H2,2H3. The Labute approximate surface area is 125 Å². The molecule has 5 heteroatoms. The van der Waals surface area contributed by atoms with Crippen molar-refractivity contribution >= 4 is 5.69 Å². The molecular formula is C16H22N2O3. The number of nitrogens with zero attached hydrogens (tertiary/aromatic N) is 1. The fraction of sp³-hybridized carbons (Fsp3) is 0.562. The van der Waals surface area contributed by atoms with E-state index in [0.717, 1.165) is 31.4 Å². The Balaban J connectivity index is 1.99. The van der Waals surface area contributed by atoms with Crippen molar-refractivity contribution in [3.05, 3.63) is 29.6 Å². The van der Waals surface area contributed by atoms with Crippen LogP contribution in [0.2, 0.25) is 0 Å². The van der Waals surface area contributed by atoms with Crippen LogP contribution in [0.4, 0.5) is 5.69 Å². The van der Waals surface area contributed by atoms with Crippen molar-refractivity contribution < 1.29 is 14.2 Å². The number of nitrogens with two attached hydrogens (primary N) is 1. The van der Waals surface area contributed by atoms with E-state index in [0.29, 0.717) is 30.7 Å². The Morgan fingerprint density at radius 1 is 1.24 bits per heavy atom. The summed E-state index contributed by atoms with van der Waals surface area (Å²) in [5, 5.41) is 0. The Hall–Kier alpha value is -1.77. The third kappa shape index (κ3) is 4.62. The summed E-state index contributed by atoms with van der Waals surface area (Å²) in [6, 6.07) is 5.66. The van der Waals surface area contributed by atoms with Gasteiger partial charge in [0.1, 0.15) is 18.1 Å². The quantitative estimate of drug-likeness (QED) is 0.646. The van der Waals surface area contributed by atoms with Crippen molar-refractivity contribution in [3.8, 4) is 11.5 Å². The van der Waals surface area contributed by atoms with Gasteiger partial charge < -0.3 is 19.9 Å². The molecule has 0 amide bonds. The first-order valence-corrected chi connectivity index (χ1v) is 7.28. The molecule has 1 saturated carbocycles. The van der Waals surface area contributed by atoms with Gasteiger partial charge in [-0.15, -0.1) is 0 Å². The van der Waals surface area contributed by atoms with Gasteiger partial charge >= 0.3 is 0 Å². The van der Waals surface area contributed by atoms with Crippen molar-refractivity contribution in [1.82, 2.24) is 0 Å². The number of methoxy groups -OCH3 is 1. The molecule has 0 unspecified atom stereocenters. The molecule has 5 nitrogen and oxygen atoms in total. The molecule has 0 aromatic heterocycles. The maximum Gasteiger partial charge on any atom is 0.228 e. The lowest BCUT2D eigenvalue weighted by atomic mass is 9.94. The van der Waals surface area contributed by atoms with Crippen LogP contribution in [0.1, 0.15) is 25.7 Å². The number of rotatable bonds is 6. The van der Waals surface area contributed by atoms with Gasteiger partial charge in [-0.3, -0.25) is 0 Å². The lowest BCUT2D eigenvalue weighted by Crippen LogP contribution is -2.31. The molecule has 0 bridgehead atoms. The highest BCUT2D eigenvalue weighted by atomic mass is 16.5. The molecule has 0 atom stereocenters. The molecule has 2 rings (SSSR count). The Morgan fingerprint density at radius 3 is 2.67 bits per heavy atom.